The zero-order valence-corrected chi connectivity index (χ0v) is 12.2. The van der Waals surface area contributed by atoms with Crippen molar-refractivity contribution in [3.63, 3.8) is 0 Å². The molecular weight excluding hydrogens is 232 g/mol. The van der Waals surface area contributed by atoms with Crippen LogP contribution in [0.4, 0.5) is 0 Å². The van der Waals surface area contributed by atoms with Gasteiger partial charge in [-0.15, -0.1) is 11.3 Å². The largest absolute Gasteiger partial charge is 0.297 e. The summed E-state index contributed by atoms with van der Waals surface area (Å²) in [6.07, 6.45) is 2.14. The van der Waals surface area contributed by atoms with Gasteiger partial charge in [0.2, 0.25) is 0 Å². The highest BCUT2D eigenvalue weighted by Gasteiger charge is 2.36. The second-order valence-corrected chi connectivity index (χ2v) is 5.65. The summed E-state index contributed by atoms with van der Waals surface area (Å²) < 4.78 is 0. The Morgan fingerprint density at radius 1 is 1.41 bits per heavy atom. The van der Waals surface area contributed by atoms with Gasteiger partial charge in [-0.2, -0.15) is 0 Å². The first-order valence-electron chi connectivity index (χ1n) is 6.08. The Labute approximate surface area is 108 Å². The molecule has 0 unspecified atom stereocenters. The van der Waals surface area contributed by atoms with Crippen LogP contribution in [-0.2, 0) is 11.2 Å². The van der Waals surface area contributed by atoms with Crippen LogP contribution in [0.3, 0.4) is 0 Å². The van der Waals surface area contributed by atoms with Crippen molar-refractivity contribution in [3.8, 4) is 0 Å². The first-order valence-corrected chi connectivity index (χ1v) is 6.96. The van der Waals surface area contributed by atoms with Gasteiger partial charge < -0.3 is 0 Å². The number of carbonyl (C=O) groups excluding carboxylic acids is 1. The molecule has 3 nitrogen and oxygen atoms in total. The fourth-order valence-corrected chi connectivity index (χ4v) is 2.96. The number of likely N-dealkylation sites (N-methyl/N-ethyl adjacent to an activating group) is 1. The molecule has 0 N–H and O–H groups in total. The molecule has 0 aliphatic heterocycles. The number of Topliss-reactive ketones (excluding diaryl/α,β-unsaturated/α-hetero) is 1. The van der Waals surface area contributed by atoms with Crippen molar-refractivity contribution in [1.82, 2.24) is 9.88 Å². The number of nitrogens with zero attached hydrogens (tertiary/aromatic N) is 2. The minimum atomic E-state index is -0.336. The van der Waals surface area contributed by atoms with Crippen LogP contribution < -0.4 is 0 Å². The molecule has 0 spiro atoms. The zero-order chi connectivity index (χ0) is 13.1. The summed E-state index contributed by atoms with van der Waals surface area (Å²) in [6, 6.07) is 0. The predicted molar refractivity (Wildman–Crippen MR) is 72.6 cm³/mol. The summed E-state index contributed by atoms with van der Waals surface area (Å²) in [4.78, 5) is 18.9. The van der Waals surface area contributed by atoms with Crippen LogP contribution in [0.1, 0.15) is 37.4 Å². The van der Waals surface area contributed by atoms with Crippen LogP contribution in [0.2, 0.25) is 0 Å². The molecule has 17 heavy (non-hydrogen) atoms. The van der Waals surface area contributed by atoms with E-state index >= 15 is 0 Å². The van der Waals surface area contributed by atoms with Gasteiger partial charge in [0.05, 0.1) is 22.7 Å². The molecular formula is C13H22N2OS. The van der Waals surface area contributed by atoms with E-state index in [2.05, 4.69) is 23.7 Å². The average Bonchev–Trinajstić information content (AvgIpc) is 2.66. The molecule has 0 aliphatic rings. The number of hydrogen-bond donors (Lipinski definition) is 0. The summed E-state index contributed by atoms with van der Waals surface area (Å²) in [7, 11) is 3.97. The standard InChI is InChI=1S/C13H22N2OS/c1-6-13(7-2,15(4)5)12(16)8-11-9-17-10(3)14-11/h9H,6-8H2,1-5H3. The van der Waals surface area contributed by atoms with E-state index in [1.54, 1.807) is 11.3 Å². The molecule has 0 atom stereocenters. The Balaban J connectivity index is 2.86. The summed E-state index contributed by atoms with van der Waals surface area (Å²) in [6.45, 7) is 6.12. The lowest BCUT2D eigenvalue weighted by atomic mass is 9.84. The fourth-order valence-electron chi connectivity index (χ4n) is 2.34. The molecule has 1 heterocycles. The molecule has 1 aromatic heterocycles. The van der Waals surface area contributed by atoms with Gasteiger partial charge in [0.25, 0.3) is 0 Å². The van der Waals surface area contributed by atoms with Gasteiger partial charge in [0.1, 0.15) is 0 Å². The third kappa shape index (κ3) is 2.93. The van der Waals surface area contributed by atoms with E-state index in [0.717, 1.165) is 23.5 Å². The van der Waals surface area contributed by atoms with Crippen molar-refractivity contribution in [3.05, 3.63) is 16.1 Å². The molecule has 0 amide bonds. The molecule has 0 fully saturated rings. The third-order valence-corrected chi connectivity index (χ3v) is 4.38. The Kier molecular flexibility index (Phi) is 4.83. The molecule has 0 bridgehead atoms. The Morgan fingerprint density at radius 3 is 2.35 bits per heavy atom. The predicted octanol–water partition coefficient (Wildman–Crippen LogP) is 2.68. The number of thiazole rings is 1. The minimum Gasteiger partial charge on any atom is -0.297 e. The van der Waals surface area contributed by atoms with Gasteiger partial charge >= 0.3 is 0 Å². The monoisotopic (exact) mass is 254 g/mol. The van der Waals surface area contributed by atoms with Gasteiger partial charge in [-0.3, -0.25) is 9.69 Å². The lowest BCUT2D eigenvalue weighted by Crippen LogP contribution is -2.51. The van der Waals surface area contributed by atoms with Gasteiger partial charge in [0, 0.05) is 5.38 Å². The second-order valence-electron chi connectivity index (χ2n) is 4.59. The van der Waals surface area contributed by atoms with Gasteiger partial charge in [0.15, 0.2) is 5.78 Å². The molecule has 1 aromatic rings. The molecule has 0 aromatic carbocycles. The normalized spacial score (nSPS) is 12.1. The fraction of sp³-hybridized carbons (Fsp3) is 0.692. The summed E-state index contributed by atoms with van der Waals surface area (Å²) in [5.41, 5.74) is 0.572. The number of aromatic nitrogens is 1. The molecule has 0 radical (unpaired) electrons. The summed E-state index contributed by atoms with van der Waals surface area (Å²) in [5, 5.41) is 3.01. The van der Waals surface area contributed by atoms with E-state index in [9.17, 15) is 4.79 Å². The highest BCUT2D eigenvalue weighted by molar-refractivity contribution is 7.09. The van der Waals surface area contributed by atoms with E-state index < -0.39 is 0 Å². The lowest BCUT2D eigenvalue weighted by molar-refractivity contribution is -0.129. The Bertz CT molecular complexity index is 381. The lowest BCUT2D eigenvalue weighted by Gasteiger charge is -2.36. The van der Waals surface area contributed by atoms with Crippen LogP contribution in [0.25, 0.3) is 0 Å². The van der Waals surface area contributed by atoms with Crippen molar-refractivity contribution in [2.24, 2.45) is 0 Å². The number of hydrogen-bond acceptors (Lipinski definition) is 4. The highest BCUT2D eigenvalue weighted by Crippen LogP contribution is 2.24. The molecule has 0 saturated heterocycles. The molecule has 96 valence electrons. The van der Waals surface area contributed by atoms with Gasteiger partial charge in [-0.1, -0.05) is 13.8 Å². The van der Waals surface area contributed by atoms with Crippen molar-refractivity contribution in [2.45, 2.75) is 45.6 Å². The molecule has 1 rings (SSSR count). The van der Waals surface area contributed by atoms with Crippen LogP contribution in [0.5, 0.6) is 0 Å². The van der Waals surface area contributed by atoms with Gasteiger partial charge in [-0.05, 0) is 33.9 Å². The third-order valence-electron chi connectivity index (χ3n) is 3.55. The molecule has 4 heteroatoms. The minimum absolute atomic E-state index is 0.276. The summed E-state index contributed by atoms with van der Waals surface area (Å²) >= 11 is 1.60. The SMILES string of the molecule is CCC(CC)(C(=O)Cc1csc(C)n1)N(C)C. The maximum absolute atomic E-state index is 12.5. The smallest absolute Gasteiger partial charge is 0.158 e. The maximum Gasteiger partial charge on any atom is 0.158 e. The van der Waals surface area contributed by atoms with Crippen molar-refractivity contribution in [1.29, 1.82) is 0 Å². The van der Waals surface area contributed by atoms with Gasteiger partial charge in [-0.25, -0.2) is 4.98 Å². The Hall–Kier alpha value is -0.740. The van der Waals surface area contributed by atoms with E-state index in [-0.39, 0.29) is 11.3 Å². The van der Waals surface area contributed by atoms with E-state index in [4.69, 9.17) is 0 Å². The van der Waals surface area contributed by atoms with E-state index in [0.29, 0.717) is 6.42 Å². The van der Waals surface area contributed by atoms with E-state index in [1.807, 2.05) is 26.4 Å². The number of carbonyl (C=O) groups is 1. The highest BCUT2D eigenvalue weighted by atomic mass is 32.1. The second kappa shape index (κ2) is 5.74. The topological polar surface area (TPSA) is 33.2 Å². The number of rotatable bonds is 6. The maximum atomic E-state index is 12.5. The van der Waals surface area contributed by atoms with Crippen molar-refractivity contribution < 1.29 is 4.79 Å². The first-order chi connectivity index (χ1) is 7.96. The number of ketones is 1. The van der Waals surface area contributed by atoms with Crippen LogP contribution in [0.15, 0.2) is 5.38 Å². The van der Waals surface area contributed by atoms with Crippen LogP contribution >= 0.6 is 11.3 Å². The molecule has 0 saturated carbocycles. The summed E-state index contributed by atoms with van der Waals surface area (Å²) in [5.74, 6) is 0.276. The number of aryl methyl sites for hydroxylation is 1. The van der Waals surface area contributed by atoms with Crippen LogP contribution in [-0.4, -0.2) is 35.3 Å². The zero-order valence-electron chi connectivity index (χ0n) is 11.4. The van der Waals surface area contributed by atoms with Crippen molar-refractivity contribution >= 4 is 17.1 Å². The van der Waals surface area contributed by atoms with Crippen LogP contribution in [0, 0.1) is 6.92 Å². The first kappa shape index (κ1) is 14.3. The quantitative estimate of drug-likeness (QED) is 0.782. The van der Waals surface area contributed by atoms with Crippen molar-refractivity contribution in [2.75, 3.05) is 14.1 Å². The Morgan fingerprint density at radius 2 is 2.00 bits per heavy atom. The molecule has 0 aliphatic carbocycles. The van der Waals surface area contributed by atoms with E-state index in [1.165, 1.54) is 0 Å². The average molecular weight is 254 g/mol.